The van der Waals surface area contributed by atoms with Crippen LogP contribution < -0.4 is 16.0 Å². The Labute approximate surface area is 216 Å². The number of rotatable bonds is 11. The topological polar surface area (TPSA) is 138 Å². The summed E-state index contributed by atoms with van der Waals surface area (Å²) >= 11 is 1.17. The van der Waals surface area contributed by atoms with Gasteiger partial charge in [-0.25, -0.2) is 0 Å². The van der Waals surface area contributed by atoms with Gasteiger partial charge >= 0.3 is 0 Å². The molecule has 2 atom stereocenters. The number of hydrogen-bond donors (Lipinski definition) is 4. The zero-order valence-electron chi connectivity index (χ0n) is 20.7. The molecule has 0 aromatic heterocycles. The molecule has 11 heteroatoms. The molecule has 2 aliphatic heterocycles. The Morgan fingerprint density at radius 2 is 1.92 bits per heavy atom. The fourth-order valence-electron chi connectivity index (χ4n) is 4.06. The summed E-state index contributed by atoms with van der Waals surface area (Å²) in [6, 6.07) is 8.96. The van der Waals surface area contributed by atoms with E-state index < -0.39 is 17.3 Å². The first-order valence-electron chi connectivity index (χ1n) is 12.3. The van der Waals surface area contributed by atoms with E-state index in [1.54, 1.807) is 31.2 Å². The van der Waals surface area contributed by atoms with Gasteiger partial charge in [0, 0.05) is 44.0 Å². The maximum absolute atomic E-state index is 12.9. The average Bonchev–Trinajstić information content (AvgIpc) is 3.50. The fraction of sp³-hybridized carbons (Fsp3) is 0.520. The highest BCUT2D eigenvalue weighted by atomic mass is 32.2. The second-order valence-corrected chi connectivity index (χ2v) is 9.99. The van der Waals surface area contributed by atoms with Gasteiger partial charge in [-0.05, 0) is 64.0 Å². The van der Waals surface area contributed by atoms with Crippen LogP contribution >= 0.6 is 11.8 Å². The zero-order valence-corrected chi connectivity index (χ0v) is 21.6. The minimum atomic E-state index is -0.747. The number of nitrogens with one attached hydrogen (secondary N) is 3. The third-order valence-electron chi connectivity index (χ3n) is 6.02. The lowest BCUT2D eigenvalue weighted by Gasteiger charge is -2.16. The van der Waals surface area contributed by atoms with Gasteiger partial charge in [-0.3, -0.25) is 14.4 Å². The van der Waals surface area contributed by atoms with Crippen molar-refractivity contribution in [2.45, 2.75) is 38.0 Å². The molecule has 3 rings (SSSR count). The molecular weight excluding hydrogens is 480 g/mol. The molecule has 4 N–H and O–H groups in total. The first-order chi connectivity index (χ1) is 17.3. The number of aliphatic hydroxyl groups is 1. The Hall–Kier alpha value is -3.07. The second-order valence-electron chi connectivity index (χ2n) is 8.80. The molecule has 0 radical (unpaired) electrons. The van der Waals surface area contributed by atoms with Crippen molar-refractivity contribution in [2.24, 2.45) is 0 Å². The highest BCUT2D eigenvalue weighted by Crippen LogP contribution is 2.37. The van der Waals surface area contributed by atoms with Crippen LogP contribution in [0.2, 0.25) is 0 Å². The van der Waals surface area contributed by atoms with E-state index in [0.717, 1.165) is 25.3 Å². The largest absolute Gasteiger partial charge is 0.392 e. The minimum absolute atomic E-state index is 0.0134. The smallest absolute Gasteiger partial charge is 0.264 e. The minimum Gasteiger partial charge on any atom is -0.392 e. The van der Waals surface area contributed by atoms with Crippen LogP contribution in [0.25, 0.3) is 0 Å². The van der Waals surface area contributed by atoms with E-state index in [1.807, 2.05) is 6.07 Å². The number of nitriles is 1. The fourth-order valence-corrected chi connectivity index (χ4v) is 5.32. The number of likely N-dealkylation sites (tertiary alicyclic amines) is 1. The molecule has 2 heterocycles. The summed E-state index contributed by atoms with van der Waals surface area (Å²) in [7, 11) is 0. The van der Waals surface area contributed by atoms with Gasteiger partial charge in [0.1, 0.15) is 21.9 Å². The Morgan fingerprint density at radius 1 is 1.22 bits per heavy atom. The molecule has 1 aromatic carbocycles. The molecule has 2 unspecified atom stereocenters. The van der Waals surface area contributed by atoms with Crippen molar-refractivity contribution in [3.8, 4) is 6.07 Å². The highest BCUT2D eigenvalue weighted by Gasteiger charge is 2.38. The van der Waals surface area contributed by atoms with E-state index >= 15 is 0 Å². The molecule has 2 aliphatic rings. The molecule has 36 heavy (non-hydrogen) atoms. The van der Waals surface area contributed by atoms with Crippen molar-refractivity contribution in [3.05, 3.63) is 40.4 Å². The van der Waals surface area contributed by atoms with Gasteiger partial charge in [-0.15, -0.1) is 0 Å². The summed E-state index contributed by atoms with van der Waals surface area (Å²) in [6.45, 7) is 7.61. The first-order valence-corrected chi connectivity index (χ1v) is 13.1. The normalized spacial score (nSPS) is 20.1. The van der Waals surface area contributed by atoms with E-state index in [9.17, 15) is 24.8 Å². The SMILES string of the molecule is CCN1C(=O)C(CNc2ccc(C(=O)NCCN3CCCC3)cc2)S/C1=C(/C#N)C(=O)NCC(C)O. The van der Waals surface area contributed by atoms with Crippen molar-refractivity contribution in [2.75, 3.05) is 51.1 Å². The van der Waals surface area contributed by atoms with Crippen molar-refractivity contribution >= 4 is 35.2 Å². The standard InChI is InChI=1S/C25H34N6O4S/c1-3-31-24(35)21(36-25(31)20(14-26)23(34)29-15-17(2)32)16-28-19-8-6-18(7-9-19)22(33)27-10-13-30-11-4-5-12-30/h6-9,17,21,28,32H,3-5,10-13,15-16H2,1-2H3,(H,27,33)(H,29,34)/b25-20-. The average molecular weight is 515 g/mol. The van der Waals surface area contributed by atoms with E-state index in [4.69, 9.17) is 0 Å². The van der Waals surface area contributed by atoms with E-state index in [-0.39, 0.29) is 23.9 Å². The number of carbonyl (C=O) groups is 3. The molecule has 3 amide bonds. The quantitative estimate of drug-likeness (QED) is 0.255. The maximum Gasteiger partial charge on any atom is 0.264 e. The van der Waals surface area contributed by atoms with Gasteiger partial charge in [0.2, 0.25) is 5.91 Å². The maximum atomic E-state index is 12.9. The van der Waals surface area contributed by atoms with Crippen molar-refractivity contribution in [1.82, 2.24) is 20.4 Å². The second kappa shape index (κ2) is 13.3. The number of thioether (sulfide) groups is 1. The lowest BCUT2D eigenvalue weighted by molar-refractivity contribution is -0.127. The van der Waals surface area contributed by atoms with Gasteiger partial charge < -0.3 is 30.9 Å². The summed E-state index contributed by atoms with van der Waals surface area (Å²) in [5.74, 6) is -0.918. The highest BCUT2D eigenvalue weighted by molar-refractivity contribution is 8.04. The molecule has 0 aliphatic carbocycles. The molecule has 2 saturated heterocycles. The number of carbonyl (C=O) groups excluding carboxylic acids is 3. The van der Waals surface area contributed by atoms with Crippen LogP contribution in [-0.2, 0) is 9.59 Å². The Bertz CT molecular complexity index is 1010. The number of amides is 3. The zero-order chi connectivity index (χ0) is 26.1. The predicted octanol–water partition coefficient (Wildman–Crippen LogP) is 1.12. The van der Waals surface area contributed by atoms with Crippen molar-refractivity contribution in [1.29, 1.82) is 5.26 Å². The summed E-state index contributed by atoms with van der Waals surface area (Å²) in [5, 5.41) is 27.4. The molecule has 0 saturated carbocycles. The van der Waals surface area contributed by atoms with Crippen LogP contribution in [0.1, 0.15) is 37.0 Å². The molecule has 0 bridgehead atoms. The summed E-state index contributed by atoms with van der Waals surface area (Å²) in [6.07, 6.45) is 1.70. The van der Waals surface area contributed by atoms with Gasteiger partial charge in [-0.2, -0.15) is 5.26 Å². The first kappa shape index (κ1) is 27.5. The van der Waals surface area contributed by atoms with Crippen LogP contribution in [0.4, 0.5) is 5.69 Å². The number of aliphatic hydroxyl groups excluding tert-OH is 1. The van der Waals surface area contributed by atoms with Gasteiger partial charge in [0.25, 0.3) is 11.8 Å². The Balaban J connectivity index is 1.55. The third-order valence-corrected chi connectivity index (χ3v) is 7.32. The van der Waals surface area contributed by atoms with Crippen LogP contribution in [0.5, 0.6) is 0 Å². The van der Waals surface area contributed by atoms with Crippen molar-refractivity contribution < 1.29 is 19.5 Å². The number of hydrogen-bond acceptors (Lipinski definition) is 8. The van der Waals surface area contributed by atoms with Gasteiger partial charge in [0.15, 0.2) is 0 Å². The molecule has 2 fully saturated rings. The molecule has 194 valence electrons. The Kier molecular flexibility index (Phi) is 10.2. The third kappa shape index (κ3) is 7.22. The molecule has 1 aromatic rings. The monoisotopic (exact) mass is 514 g/mol. The molecular formula is C25H34N6O4S. The summed E-state index contributed by atoms with van der Waals surface area (Å²) < 4.78 is 0. The van der Waals surface area contributed by atoms with Crippen LogP contribution in [-0.4, -0.2) is 89.8 Å². The van der Waals surface area contributed by atoms with Crippen LogP contribution in [0, 0.1) is 11.3 Å². The summed E-state index contributed by atoms with van der Waals surface area (Å²) in [5.41, 5.74) is 1.18. The lowest BCUT2D eigenvalue weighted by Crippen LogP contribution is -2.34. The van der Waals surface area contributed by atoms with Gasteiger partial charge in [-0.1, -0.05) is 11.8 Å². The molecule has 10 nitrogen and oxygen atoms in total. The molecule has 0 spiro atoms. The van der Waals surface area contributed by atoms with E-state index in [1.165, 1.54) is 36.4 Å². The lowest BCUT2D eigenvalue weighted by atomic mass is 10.2. The number of anilines is 1. The van der Waals surface area contributed by atoms with E-state index in [0.29, 0.717) is 30.2 Å². The number of benzene rings is 1. The van der Waals surface area contributed by atoms with Crippen LogP contribution in [0.3, 0.4) is 0 Å². The number of nitrogens with zero attached hydrogens (tertiary/aromatic N) is 3. The van der Waals surface area contributed by atoms with Crippen molar-refractivity contribution in [3.63, 3.8) is 0 Å². The van der Waals surface area contributed by atoms with Crippen LogP contribution in [0.15, 0.2) is 34.9 Å². The van der Waals surface area contributed by atoms with E-state index in [2.05, 4.69) is 20.9 Å². The Morgan fingerprint density at radius 3 is 2.53 bits per heavy atom. The predicted molar refractivity (Wildman–Crippen MR) is 139 cm³/mol. The van der Waals surface area contributed by atoms with Gasteiger partial charge in [0.05, 0.1) is 6.10 Å². The summed E-state index contributed by atoms with van der Waals surface area (Å²) in [4.78, 5) is 41.5.